The number of ether oxygens (including phenoxy) is 1. The molecule has 7 nitrogen and oxygen atoms in total. The van der Waals surface area contributed by atoms with Crippen LogP contribution in [0.3, 0.4) is 0 Å². The molecule has 1 aromatic carbocycles. The van der Waals surface area contributed by atoms with E-state index in [0.717, 1.165) is 6.26 Å². The van der Waals surface area contributed by atoms with Crippen molar-refractivity contribution >= 4 is 27.4 Å². The van der Waals surface area contributed by atoms with Crippen LogP contribution in [0.1, 0.15) is 12.8 Å². The number of carboxylic acid groups (broad SMARTS) is 1. The second-order valence-corrected chi connectivity index (χ2v) is 6.77. The predicted molar refractivity (Wildman–Crippen MR) is 73.7 cm³/mol. The molecule has 0 radical (unpaired) electrons. The second kappa shape index (κ2) is 5.82. The molecule has 0 aliphatic carbocycles. The van der Waals surface area contributed by atoms with Gasteiger partial charge in [-0.15, -0.1) is 0 Å². The van der Waals surface area contributed by atoms with Crippen molar-refractivity contribution < 1.29 is 27.9 Å². The largest absolute Gasteiger partial charge is 0.479 e. The smallest absolute Gasteiger partial charge is 0.332 e. The number of anilines is 1. The number of carboxylic acids is 1. The third-order valence-corrected chi connectivity index (χ3v) is 4.29. The van der Waals surface area contributed by atoms with Gasteiger partial charge in [0.1, 0.15) is 6.10 Å². The summed E-state index contributed by atoms with van der Waals surface area (Å²) < 4.78 is 28.4. The molecule has 2 atom stereocenters. The lowest BCUT2D eigenvalue weighted by atomic mass is 10.2. The van der Waals surface area contributed by atoms with Crippen LogP contribution in [0.25, 0.3) is 0 Å². The summed E-state index contributed by atoms with van der Waals surface area (Å²) in [6.45, 7) is 0. The minimum Gasteiger partial charge on any atom is -0.479 e. The molecule has 1 aliphatic rings. The molecule has 1 amide bonds. The summed E-state index contributed by atoms with van der Waals surface area (Å²) in [7, 11) is -3.48. The average Bonchev–Trinajstić information content (AvgIpc) is 2.88. The van der Waals surface area contributed by atoms with Crippen molar-refractivity contribution in [2.75, 3.05) is 11.6 Å². The molecule has 21 heavy (non-hydrogen) atoms. The maximum Gasteiger partial charge on any atom is 0.332 e. The third-order valence-electron chi connectivity index (χ3n) is 3.13. The number of amides is 1. The fourth-order valence-electron chi connectivity index (χ4n) is 2.12. The number of aliphatic carboxylic acids is 1. The van der Waals surface area contributed by atoms with Crippen molar-refractivity contribution in [2.45, 2.75) is 29.9 Å². The topological polar surface area (TPSA) is 110 Å². The zero-order valence-corrected chi connectivity index (χ0v) is 12.1. The van der Waals surface area contributed by atoms with Crippen LogP contribution in [0, 0.1) is 0 Å². The van der Waals surface area contributed by atoms with Crippen molar-refractivity contribution in [1.29, 1.82) is 0 Å². The molecule has 0 spiro atoms. The van der Waals surface area contributed by atoms with Gasteiger partial charge in [-0.2, -0.15) is 0 Å². The lowest BCUT2D eigenvalue weighted by Crippen LogP contribution is -2.30. The Kier molecular flexibility index (Phi) is 4.29. The highest BCUT2D eigenvalue weighted by molar-refractivity contribution is 7.90. The number of carbonyl (C=O) groups excluding carboxylic acids is 1. The molecule has 8 heteroatoms. The summed E-state index contributed by atoms with van der Waals surface area (Å²) in [6, 6.07) is 6.01. The Morgan fingerprint density at radius 1 is 1.24 bits per heavy atom. The monoisotopic (exact) mass is 313 g/mol. The Labute approximate surface area is 121 Å². The van der Waals surface area contributed by atoms with E-state index in [4.69, 9.17) is 9.84 Å². The Morgan fingerprint density at radius 3 is 2.43 bits per heavy atom. The van der Waals surface area contributed by atoms with E-state index in [1.807, 2.05) is 0 Å². The second-order valence-electron chi connectivity index (χ2n) is 4.79. The minimum absolute atomic E-state index is 0.00568. The van der Waals surface area contributed by atoms with Crippen molar-refractivity contribution in [3.05, 3.63) is 24.3 Å². The minimum atomic E-state index is -3.48. The van der Waals surface area contributed by atoms with Crippen molar-refractivity contribution in [3.63, 3.8) is 0 Å². The first-order chi connectivity index (χ1) is 9.79. The number of rotatable bonds is 4. The first kappa shape index (κ1) is 15.5. The summed E-state index contributed by atoms with van der Waals surface area (Å²) in [5.74, 6) is -1.66. The number of hydrogen-bond acceptors (Lipinski definition) is 5. The highest BCUT2D eigenvalue weighted by Gasteiger charge is 2.35. The van der Waals surface area contributed by atoms with Crippen LogP contribution in [0.2, 0.25) is 0 Å². The van der Waals surface area contributed by atoms with Crippen LogP contribution >= 0.6 is 0 Å². The number of benzene rings is 1. The van der Waals surface area contributed by atoms with Crippen LogP contribution < -0.4 is 5.32 Å². The molecule has 1 saturated heterocycles. The molecule has 1 aromatic rings. The summed E-state index contributed by atoms with van der Waals surface area (Å²) in [5.41, 5.74) is 0.160. The molecule has 114 valence electrons. The van der Waals surface area contributed by atoms with Gasteiger partial charge in [-0.3, -0.25) is 4.79 Å². The molecule has 1 fully saturated rings. The van der Waals surface area contributed by atoms with E-state index in [2.05, 4.69) is 5.32 Å². The SMILES string of the molecule is CS(=O)(=O)c1ccccc1NC(=O)C1CCC(C(=O)O)O1. The standard InChI is InChI=1S/C13H15NO6S/c1-21(18,19)11-5-3-2-4-8(11)14-12(15)9-6-7-10(20-9)13(16)17/h2-5,9-10H,6-7H2,1H3,(H,14,15)(H,16,17). The van der Waals surface area contributed by atoms with Crippen LogP contribution in [0.4, 0.5) is 5.69 Å². The molecule has 2 rings (SSSR count). The maximum absolute atomic E-state index is 12.0. The number of sulfone groups is 1. The van der Waals surface area contributed by atoms with E-state index in [0.29, 0.717) is 0 Å². The van der Waals surface area contributed by atoms with E-state index < -0.39 is 33.9 Å². The first-order valence-electron chi connectivity index (χ1n) is 6.27. The van der Waals surface area contributed by atoms with E-state index in [1.54, 1.807) is 12.1 Å². The quantitative estimate of drug-likeness (QED) is 0.845. The summed E-state index contributed by atoms with van der Waals surface area (Å²) in [5, 5.41) is 11.3. The van der Waals surface area contributed by atoms with Crippen LogP contribution in [0.5, 0.6) is 0 Å². The number of hydrogen-bond donors (Lipinski definition) is 2. The van der Waals surface area contributed by atoms with Gasteiger partial charge in [0.05, 0.1) is 10.6 Å². The molecule has 2 N–H and O–H groups in total. The van der Waals surface area contributed by atoms with Gasteiger partial charge in [0.25, 0.3) is 5.91 Å². The molecule has 1 aliphatic heterocycles. The van der Waals surface area contributed by atoms with Gasteiger partial charge in [-0.05, 0) is 25.0 Å². The van der Waals surface area contributed by atoms with Gasteiger partial charge in [0.15, 0.2) is 15.9 Å². The van der Waals surface area contributed by atoms with Crippen LogP contribution in [-0.4, -0.2) is 43.9 Å². The van der Waals surface area contributed by atoms with E-state index in [1.165, 1.54) is 12.1 Å². The maximum atomic E-state index is 12.0. The van der Waals surface area contributed by atoms with E-state index >= 15 is 0 Å². The Balaban J connectivity index is 2.13. The summed E-state index contributed by atoms with van der Waals surface area (Å²) in [4.78, 5) is 22.8. The highest BCUT2D eigenvalue weighted by atomic mass is 32.2. The summed E-state index contributed by atoms with van der Waals surface area (Å²) in [6.07, 6.45) is -0.306. The number of carbonyl (C=O) groups is 2. The normalized spacial score (nSPS) is 22.0. The fraction of sp³-hybridized carbons (Fsp3) is 0.385. The molecule has 0 saturated carbocycles. The van der Waals surface area contributed by atoms with E-state index in [9.17, 15) is 18.0 Å². The van der Waals surface area contributed by atoms with Gasteiger partial charge in [-0.1, -0.05) is 12.1 Å². The van der Waals surface area contributed by atoms with Gasteiger partial charge in [-0.25, -0.2) is 13.2 Å². The summed E-state index contributed by atoms with van der Waals surface area (Å²) >= 11 is 0. The highest BCUT2D eigenvalue weighted by Crippen LogP contribution is 2.24. The molecule has 1 heterocycles. The Morgan fingerprint density at radius 2 is 1.86 bits per heavy atom. The van der Waals surface area contributed by atoms with E-state index in [-0.39, 0.29) is 23.4 Å². The van der Waals surface area contributed by atoms with Gasteiger partial charge < -0.3 is 15.2 Å². The van der Waals surface area contributed by atoms with Crippen molar-refractivity contribution in [3.8, 4) is 0 Å². The molecular formula is C13H15NO6S. The lowest BCUT2D eigenvalue weighted by molar-refractivity contribution is -0.150. The number of nitrogens with one attached hydrogen (secondary N) is 1. The van der Waals surface area contributed by atoms with Crippen molar-refractivity contribution in [2.24, 2.45) is 0 Å². The average molecular weight is 313 g/mol. The molecule has 0 aromatic heterocycles. The van der Waals surface area contributed by atoms with Gasteiger partial charge >= 0.3 is 5.97 Å². The van der Waals surface area contributed by atoms with Gasteiger partial charge in [0, 0.05) is 6.26 Å². The molecule has 2 unspecified atom stereocenters. The Hall–Kier alpha value is -1.93. The zero-order valence-electron chi connectivity index (χ0n) is 11.3. The Bertz CT molecular complexity index is 669. The van der Waals surface area contributed by atoms with Crippen LogP contribution in [-0.2, 0) is 24.2 Å². The first-order valence-corrected chi connectivity index (χ1v) is 8.16. The van der Waals surface area contributed by atoms with Crippen molar-refractivity contribution in [1.82, 2.24) is 0 Å². The molecule has 0 bridgehead atoms. The third kappa shape index (κ3) is 3.59. The number of para-hydroxylation sites is 1. The lowest BCUT2D eigenvalue weighted by Gasteiger charge is -2.13. The zero-order chi connectivity index (χ0) is 15.6. The molecular weight excluding hydrogens is 298 g/mol. The van der Waals surface area contributed by atoms with Crippen LogP contribution in [0.15, 0.2) is 29.2 Å². The predicted octanol–water partition coefficient (Wildman–Crippen LogP) is 0.661. The van der Waals surface area contributed by atoms with Gasteiger partial charge in [0.2, 0.25) is 0 Å². The fourth-order valence-corrected chi connectivity index (χ4v) is 2.96.